The summed E-state index contributed by atoms with van der Waals surface area (Å²) in [5, 5.41) is 36.7. The molecule has 0 aromatic carbocycles. The van der Waals surface area contributed by atoms with Crippen LogP contribution in [-0.4, -0.2) is 393 Å². The Morgan fingerprint density at radius 3 is 0.691 bits per heavy atom. The predicted molar refractivity (Wildman–Crippen MR) is 472 cm³/mol. The molecule has 0 aromatic rings. The Hall–Kier alpha value is -10.6. The molecule has 0 aromatic heterocycles. The molecule has 15 atom stereocenters. The highest BCUT2D eigenvalue weighted by atomic mass is 16.7. The number of hydrogen-bond acceptors (Lipinski definition) is 42. The first-order valence-electron chi connectivity index (χ1n) is 45.8. The second kappa shape index (κ2) is 70.9. The van der Waals surface area contributed by atoms with Crippen LogP contribution in [0.25, 0.3) is 0 Å². The lowest BCUT2D eigenvalue weighted by Gasteiger charge is -2.44. The molecule has 792 valence electrons. The van der Waals surface area contributed by atoms with Gasteiger partial charge in [-0.05, 0) is 38.5 Å². The maximum Gasteiger partial charge on any atom is 0.303 e. The highest BCUT2D eigenvalue weighted by molar-refractivity contribution is 5.80. The normalized spacial score (nSPS) is 21.3. The summed E-state index contributed by atoms with van der Waals surface area (Å²) in [6.07, 6.45) is -13.4. The maximum atomic E-state index is 13.7. The highest BCUT2D eigenvalue weighted by Crippen LogP contribution is 2.32. The Morgan fingerprint density at radius 2 is 0.475 bits per heavy atom. The molecule has 0 radical (unpaired) electrons. The van der Waals surface area contributed by atoms with Crippen LogP contribution in [0.15, 0.2) is 0 Å². The van der Waals surface area contributed by atoms with E-state index in [1.165, 1.54) is 20.8 Å². The van der Waals surface area contributed by atoms with E-state index < -0.39 is 212 Å². The van der Waals surface area contributed by atoms with E-state index in [2.05, 4.69) is 53.2 Å². The van der Waals surface area contributed by atoms with Crippen LogP contribution in [-0.2, 0) is 195 Å². The quantitative estimate of drug-likeness (QED) is 0.0156. The number of amides is 10. The maximum absolute atomic E-state index is 13.7. The smallest absolute Gasteiger partial charge is 0.303 e. The van der Waals surface area contributed by atoms with Gasteiger partial charge in [-0.15, -0.1) is 0 Å². The van der Waals surface area contributed by atoms with Crippen LogP contribution < -0.4 is 53.2 Å². The number of carbonyl (C=O) groups excluding carboxylic acids is 19. The van der Waals surface area contributed by atoms with Crippen LogP contribution in [0.3, 0.4) is 0 Å². The zero-order valence-corrected chi connectivity index (χ0v) is 81.1. The molecule has 139 heavy (non-hydrogen) atoms. The van der Waals surface area contributed by atoms with E-state index in [1.54, 1.807) is 0 Å². The fourth-order valence-electron chi connectivity index (χ4n) is 13.6. The Morgan fingerprint density at radius 1 is 0.259 bits per heavy atom. The van der Waals surface area contributed by atoms with Gasteiger partial charge in [-0.3, -0.25) is 91.1 Å². The zero-order valence-electron chi connectivity index (χ0n) is 81.1. The van der Waals surface area contributed by atoms with Gasteiger partial charge in [0, 0.05) is 167 Å². The van der Waals surface area contributed by atoms with Gasteiger partial charge in [-0.25, -0.2) is 0 Å². The van der Waals surface area contributed by atoms with Gasteiger partial charge < -0.3 is 162 Å². The third-order valence-electron chi connectivity index (χ3n) is 19.6. The second-order valence-electron chi connectivity index (χ2n) is 31.9. The summed E-state index contributed by atoms with van der Waals surface area (Å²) in [7, 11) is 0. The molecular formula is C87H142N10O42. The number of unbranched alkanes of at least 4 members (excludes halogenated alkanes) is 3. The van der Waals surface area contributed by atoms with Crippen molar-refractivity contribution in [1.29, 1.82) is 0 Å². The van der Waals surface area contributed by atoms with E-state index in [0.29, 0.717) is 38.5 Å². The molecule has 11 N–H and O–H groups in total. The molecule has 3 aliphatic heterocycles. The lowest BCUT2D eigenvalue weighted by Crippen LogP contribution is -2.66. The van der Waals surface area contributed by atoms with Gasteiger partial charge in [0.25, 0.3) is 0 Å². The first kappa shape index (κ1) is 123. The van der Waals surface area contributed by atoms with Crippen molar-refractivity contribution in [3.05, 3.63) is 0 Å². The van der Waals surface area contributed by atoms with E-state index >= 15 is 0 Å². The van der Waals surface area contributed by atoms with Gasteiger partial charge in [0.15, 0.2) is 55.5 Å². The SMILES string of the molecule is CC(=O)NC1C(OCCOCCC(=O)NCCCCNC(=O)CCOCC(COCCC(=O)NCCCCNC(=O)CCOCCOC2OC(COC(C)=O)C(OC(C)=O)C(OC(C)=O)C2NC(C)=O)(COCCC(=O)NCCCCNC(=O)CCOCCOC2OC(COC(C)=O)C(OC(C)=O)C(OC(C)=O)C2NC(C)=O)NC(=O)CCOCCO)OC(COC(C)=O)C(OC(C)=O)C1OC(C)=O. The van der Waals surface area contributed by atoms with Crippen LogP contribution in [0.4, 0.5) is 0 Å². The average molecular weight is 2000 g/mol. The van der Waals surface area contributed by atoms with Crippen molar-refractivity contribution in [2.75, 3.05) is 178 Å². The Labute approximate surface area is 805 Å². The van der Waals surface area contributed by atoms with E-state index in [4.69, 9.17) is 104 Å². The van der Waals surface area contributed by atoms with E-state index in [9.17, 15) is 96.2 Å². The molecule has 3 rings (SSSR count). The third-order valence-corrected chi connectivity index (χ3v) is 19.6. The first-order chi connectivity index (χ1) is 66.2. The minimum atomic E-state index is -1.51. The summed E-state index contributed by atoms with van der Waals surface area (Å²) in [6.45, 7) is 11.2. The zero-order chi connectivity index (χ0) is 103. The average Bonchev–Trinajstić information content (AvgIpc) is 0.793. The predicted octanol–water partition coefficient (Wildman–Crippen LogP) is -4.26. The van der Waals surface area contributed by atoms with Crippen molar-refractivity contribution in [2.45, 2.75) is 264 Å². The van der Waals surface area contributed by atoms with Gasteiger partial charge in [-0.2, -0.15) is 0 Å². The minimum absolute atomic E-state index is 0.0289. The molecule has 52 heteroatoms. The molecule has 3 aliphatic rings. The summed E-state index contributed by atoms with van der Waals surface area (Å²) in [5.41, 5.74) is -1.51. The van der Waals surface area contributed by atoms with Crippen LogP contribution in [0, 0.1) is 0 Å². The number of ether oxygens (including phenoxy) is 22. The lowest BCUT2D eigenvalue weighted by atomic mass is 9.96. The Kier molecular flexibility index (Phi) is 62.5. The number of hydrogen-bond donors (Lipinski definition) is 11. The summed E-state index contributed by atoms with van der Waals surface area (Å²) in [4.78, 5) is 236. The van der Waals surface area contributed by atoms with Crippen molar-refractivity contribution in [3.8, 4) is 0 Å². The molecule has 3 saturated heterocycles. The van der Waals surface area contributed by atoms with Crippen molar-refractivity contribution >= 4 is 113 Å². The van der Waals surface area contributed by atoms with Crippen LogP contribution >= 0.6 is 0 Å². The summed E-state index contributed by atoms with van der Waals surface area (Å²) in [5.74, 6) is -11.1. The molecular weight excluding hydrogens is 1860 g/mol. The summed E-state index contributed by atoms with van der Waals surface area (Å²) in [6, 6.07) is -3.57. The van der Waals surface area contributed by atoms with Crippen molar-refractivity contribution in [2.24, 2.45) is 0 Å². The molecule has 52 nitrogen and oxygen atoms in total. The van der Waals surface area contributed by atoms with Crippen LogP contribution in [0.2, 0.25) is 0 Å². The minimum Gasteiger partial charge on any atom is -0.463 e. The fraction of sp³-hybridized carbons (Fsp3) is 0.782. The van der Waals surface area contributed by atoms with Crippen molar-refractivity contribution < 1.29 is 200 Å². The standard InChI is InChI=1S/C87H142N10O42/c1-53(99)94-75-81(134-62(10)108)78(131-59(7)105)65(47-128-56(4)102)137-84(75)125-44-41-119-33-19-68(111)88-26-13-16-29-91-71(114)22-37-122-50-87(97-74(117)25-36-118-40-32-98,51-123-38-23-72(115)92-30-17-14-27-89-69(112)20-34-120-42-45-126-85-76(95-54(2)100)82(135-63(11)109)79(132-60(8)106)66(138-85)48-129-57(5)103)52-124-39-24-73(116)93-31-18-15-28-90-70(113)21-35-121-43-46-127-86-77(96-55(3)101)83(136-64(12)110)80(133-61(9)107)67(139-86)49-130-58(6)104/h65-67,75-86,98H,13-52H2,1-12H3,(H,88,111)(H,89,112)(H,90,113)(H,91,114)(H,92,115)(H,93,116)(H,94,99)(H,95,100)(H,96,101)(H,97,117). The van der Waals surface area contributed by atoms with Crippen molar-refractivity contribution in [3.63, 3.8) is 0 Å². The van der Waals surface area contributed by atoms with Gasteiger partial charge in [-0.1, -0.05) is 0 Å². The topological polar surface area (TPSA) is 668 Å². The van der Waals surface area contributed by atoms with Gasteiger partial charge in [0.2, 0.25) is 59.1 Å². The van der Waals surface area contributed by atoms with E-state index in [0.717, 1.165) is 62.3 Å². The third kappa shape index (κ3) is 55.8. The van der Waals surface area contributed by atoms with Crippen LogP contribution in [0.1, 0.15) is 167 Å². The van der Waals surface area contributed by atoms with E-state index in [1.807, 2.05) is 0 Å². The number of aliphatic hydroxyl groups is 1. The highest BCUT2D eigenvalue weighted by Gasteiger charge is 2.55. The first-order valence-corrected chi connectivity index (χ1v) is 45.8. The number of aliphatic hydroxyl groups excluding tert-OH is 1. The summed E-state index contributed by atoms with van der Waals surface area (Å²) < 4.78 is 124. The molecule has 0 spiro atoms. The fourth-order valence-corrected chi connectivity index (χ4v) is 13.6. The number of esters is 9. The number of carbonyl (C=O) groups is 19. The van der Waals surface area contributed by atoms with Crippen molar-refractivity contribution in [1.82, 2.24) is 53.2 Å². The molecule has 0 saturated carbocycles. The Bertz CT molecular complexity index is 3480. The second-order valence-corrected chi connectivity index (χ2v) is 31.9. The lowest BCUT2D eigenvalue weighted by molar-refractivity contribution is -0.279. The number of rotatable bonds is 72. The monoisotopic (exact) mass is 2000 g/mol. The molecule has 15 unspecified atom stereocenters. The van der Waals surface area contributed by atoms with Gasteiger partial charge >= 0.3 is 53.7 Å². The molecule has 3 heterocycles. The Balaban J connectivity index is 1.55. The van der Waals surface area contributed by atoms with Gasteiger partial charge in [0.05, 0.1) is 119 Å². The molecule has 3 fully saturated rings. The molecule has 10 amide bonds. The molecule has 0 aliphatic carbocycles. The largest absolute Gasteiger partial charge is 0.463 e. The number of nitrogens with one attached hydrogen (secondary N) is 10. The van der Waals surface area contributed by atoms with Crippen LogP contribution in [0.5, 0.6) is 0 Å². The van der Waals surface area contributed by atoms with E-state index in [-0.39, 0.29) is 221 Å². The van der Waals surface area contributed by atoms with Gasteiger partial charge in [0.1, 0.15) is 61.8 Å². The molecule has 0 bridgehead atoms. The summed E-state index contributed by atoms with van der Waals surface area (Å²) >= 11 is 0.